The Balaban J connectivity index is 2.19. The minimum atomic E-state index is -0.790. The Labute approximate surface area is 155 Å². The monoisotopic (exact) mass is 366 g/mol. The van der Waals surface area contributed by atoms with E-state index in [1.807, 2.05) is 13.0 Å². The summed E-state index contributed by atoms with van der Waals surface area (Å²) in [5.74, 6) is -1.89. The lowest BCUT2D eigenvalue weighted by molar-refractivity contribution is -0.384. The van der Waals surface area contributed by atoms with Gasteiger partial charge in [0.1, 0.15) is 5.76 Å². The fourth-order valence-electron chi connectivity index (χ4n) is 3.26. The third kappa shape index (κ3) is 3.31. The topological polar surface area (TPSA) is 101 Å². The number of amides is 1. The largest absolute Gasteiger partial charge is 0.507 e. The zero-order valence-electron chi connectivity index (χ0n) is 14.7. The van der Waals surface area contributed by atoms with Crippen molar-refractivity contribution in [1.29, 1.82) is 0 Å². The van der Waals surface area contributed by atoms with Crippen LogP contribution in [0.2, 0.25) is 0 Å². The summed E-state index contributed by atoms with van der Waals surface area (Å²) in [6.07, 6.45) is 0.646. The number of nitro groups is 1. The first-order valence-electron chi connectivity index (χ1n) is 8.54. The van der Waals surface area contributed by atoms with Gasteiger partial charge in [-0.05, 0) is 12.0 Å². The van der Waals surface area contributed by atoms with Crippen molar-refractivity contribution in [2.75, 3.05) is 6.54 Å². The molecule has 0 saturated carbocycles. The van der Waals surface area contributed by atoms with Crippen LogP contribution in [0.15, 0.2) is 60.2 Å². The molecule has 2 aromatic carbocycles. The number of carbonyl (C=O) groups is 2. The van der Waals surface area contributed by atoms with Gasteiger partial charge in [0.15, 0.2) is 0 Å². The maximum Gasteiger partial charge on any atom is 0.295 e. The second-order valence-electron chi connectivity index (χ2n) is 6.21. The highest BCUT2D eigenvalue weighted by Gasteiger charge is 2.45. The molecule has 0 radical (unpaired) electrons. The smallest absolute Gasteiger partial charge is 0.295 e. The molecular weight excluding hydrogens is 348 g/mol. The average Bonchev–Trinajstić information content (AvgIpc) is 2.93. The number of non-ortho nitro benzene ring substituents is 1. The summed E-state index contributed by atoms with van der Waals surface area (Å²) in [5.41, 5.74) is 0.551. The van der Waals surface area contributed by atoms with Gasteiger partial charge in [-0.1, -0.05) is 49.4 Å². The van der Waals surface area contributed by atoms with Crippen molar-refractivity contribution >= 4 is 23.1 Å². The molecule has 7 nitrogen and oxygen atoms in total. The summed E-state index contributed by atoms with van der Waals surface area (Å²) in [6, 6.07) is 13.6. The van der Waals surface area contributed by atoms with Gasteiger partial charge < -0.3 is 10.0 Å². The zero-order valence-corrected chi connectivity index (χ0v) is 14.7. The summed E-state index contributed by atoms with van der Waals surface area (Å²) in [5, 5.41) is 21.8. The molecular formula is C20H18N2O5. The van der Waals surface area contributed by atoms with Crippen LogP contribution in [0.25, 0.3) is 5.76 Å². The predicted octanol–water partition coefficient (Wildman–Crippen LogP) is 3.43. The van der Waals surface area contributed by atoms with E-state index in [1.54, 1.807) is 24.3 Å². The lowest BCUT2D eigenvalue weighted by atomic mass is 9.95. The van der Waals surface area contributed by atoms with Crippen LogP contribution in [0.1, 0.15) is 30.5 Å². The van der Waals surface area contributed by atoms with Crippen LogP contribution >= 0.6 is 0 Å². The number of benzene rings is 2. The van der Waals surface area contributed by atoms with Crippen LogP contribution < -0.4 is 0 Å². The molecule has 1 atom stereocenters. The first-order chi connectivity index (χ1) is 13.0. The SMILES string of the molecule is CCCN1C(=O)C(=O)/C(=C(\O)c2cccc([N+](=O)[O-])c2)C1c1ccccc1. The number of aliphatic hydroxyl groups excluding tert-OH is 1. The number of aliphatic hydroxyl groups is 1. The maximum absolute atomic E-state index is 12.7. The van der Waals surface area contributed by atoms with Crippen molar-refractivity contribution in [2.24, 2.45) is 0 Å². The zero-order chi connectivity index (χ0) is 19.6. The molecule has 1 fully saturated rings. The van der Waals surface area contributed by atoms with Crippen LogP contribution in [-0.2, 0) is 9.59 Å². The highest BCUT2D eigenvalue weighted by Crippen LogP contribution is 2.39. The Morgan fingerprint density at radius 1 is 1.15 bits per heavy atom. The first kappa shape index (κ1) is 18.3. The number of hydrogen-bond donors (Lipinski definition) is 1. The number of hydrogen-bond acceptors (Lipinski definition) is 5. The summed E-state index contributed by atoms with van der Waals surface area (Å²) in [4.78, 5) is 37.1. The molecule has 0 aliphatic carbocycles. The molecule has 1 aliphatic heterocycles. The van der Waals surface area contributed by atoms with Crippen molar-refractivity contribution in [3.05, 3.63) is 81.4 Å². The fourth-order valence-corrected chi connectivity index (χ4v) is 3.26. The lowest BCUT2D eigenvalue weighted by Gasteiger charge is -2.24. The lowest BCUT2D eigenvalue weighted by Crippen LogP contribution is -2.30. The van der Waals surface area contributed by atoms with E-state index in [2.05, 4.69) is 0 Å². The molecule has 1 aliphatic rings. The van der Waals surface area contributed by atoms with Gasteiger partial charge in [0, 0.05) is 24.2 Å². The molecule has 138 valence electrons. The number of rotatable bonds is 5. The quantitative estimate of drug-likeness (QED) is 0.287. The van der Waals surface area contributed by atoms with Crippen LogP contribution in [-0.4, -0.2) is 33.2 Å². The number of nitrogens with zero attached hydrogens (tertiary/aromatic N) is 2. The second-order valence-corrected chi connectivity index (χ2v) is 6.21. The summed E-state index contributed by atoms with van der Waals surface area (Å²) >= 11 is 0. The van der Waals surface area contributed by atoms with Crippen LogP contribution in [0.5, 0.6) is 0 Å². The summed E-state index contributed by atoms with van der Waals surface area (Å²) in [6.45, 7) is 2.25. The van der Waals surface area contributed by atoms with E-state index in [9.17, 15) is 24.8 Å². The van der Waals surface area contributed by atoms with Gasteiger partial charge in [-0.25, -0.2) is 0 Å². The molecule has 0 bridgehead atoms. The Morgan fingerprint density at radius 2 is 1.85 bits per heavy atom. The Kier molecular flexibility index (Phi) is 5.03. The van der Waals surface area contributed by atoms with Crippen LogP contribution in [0, 0.1) is 10.1 Å². The fraction of sp³-hybridized carbons (Fsp3) is 0.200. The van der Waals surface area contributed by atoms with Gasteiger partial charge in [0.05, 0.1) is 16.5 Å². The third-order valence-corrected chi connectivity index (χ3v) is 4.45. The number of likely N-dealkylation sites (tertiary alicyclic amines) is 1. The molecule has 1 unspecified atom stereocenters. The van der Waals surface area contributed by atoms with Crippen molar-refractivity contribution in [3.8, 4) is 0 Å². The summed E-state index contributed by atoms with van der Waals surface area (Å²) < 4.78 is 0. The van der Waals surface area contributed by atoms with Gasteiger partial charge in [-0.15, -0.1) is 0 Å². The molecule has 27 heavy (non-hydrogen) atoms. The van der Waals surface area contributed by atoms with Crippen molar-refractivity contribution in [2.45, 2.75) is 19.4 Å². The minimum absolute atomic E-state index is 0.0554. The molecule has 1 heterocycles. The molecule has 1 N–H and O–H groups in total. The van der Waals surface area contributed by atoms with E-state index in [0.717, 1.165) is 0 Å². The maximum atomic E-state index is 12.7. The molecule has 1 saturated heterocycles. The highest BCUT2D eigenvalue weighted by atomic mass is 16.6. The van der Waals surface area contributed by atoms with Crippen molar-refractivity contribution < 1.29 is 19.6 Å². The second kappa shape index (κ2) is 7.41. The van der Waals surface area contributed by atoms with E-state index in [1.165, 1.54) is 29.2 Å². The standard InChI is InChI=1S/C20H18N2O5/c1-2-11-21-17(13-7-4-3-5-8-13)16(19(24)20(21)25)18(23)14-9-6-10-15(12-14)22(26)27/h3-10,12,17,23H,2,11H2,1H3/b18-16-. The molecule has 1 amide bonds. The highest BCUT2D eigenvalue weighted by molar-refractivity contribution is 6.46. The van der Waals surface area contributed by atoms with E-state index < -0.39 is 28.4 Å². The van der Waals surface area contributed by atoms with E-state index in [0.29, 0.717) is 18.5 Å². The van der Waals surface area contributed by atoms with Crippen molar-refractivity contribution in [3.63, 3.8) is 0 Å². The number of ketones is 1. The Bertz CT molecular complexity index is 936. The minimum Gasteiger partial charge on any atom is -0.507 e. The van der Waals surface area contributed by atoms with Gasteiger partial charge in [0.2, 0.25) is 0 Å². The van der Waals surface area contributed by atoms with Crippen LogP contribution in [0.3, 0.4) is 0 Å². The van der Waals surface area contributed by atoms with E-state index >= 15 is 0 Å². The van der Waals surface area contributed by atoms with E-state index in [-0.39, 0.29) is 16.8 Å². The molecule has 7 heteroatoms. The number of carbonyl (C=O) groups excluding carboxylic acids is 2. The number of Topliss-reactive ketones (excluding diaryl/α,β-unsaturated/α-hetero) is 1. The molecule has 3 rings (SSSR count). The number of nitro benzene ring substituents is 1. The summed E-state index contributed by atoms with van der Waals surface area (Å²) in [7, 11) is 0. The predicted molar refractivity (Wildman–Crippen MR) is 98.8 cm³/mol. The molecule has 2 aromatic rings. The first-order valence-corrected chi connectivity index (χ1v) is 8.54. The van der Waals surface area contributed by atoms with Gasteiger partial charge in [0.25, 0.3) is 17.4 Å². The van der Waals surface area contributed by atoms with E-state index in [4.69, 9.17) is 0 Å². The third-order valence-electron chi connectivity index (χ3n) is 4.45. The van der Waals surface area contributed by atoms with Gasteiger partial charge >= 0.3 is 0 Å². The molecule has 0 spiro atoms. The van der Waals surface area contributed by atoms with Gasteiger partial charge in [-0.3, -0.25) is 19.7 Å². The van der Waals surface area contributed by atoms with Crippen LogP contribution in [0.4, 0.5) is 5.69 Å². The Morgan fingerprint density at radius 3 is 2.48 bits per heavy atom. The molecule has 0 aromatic heterocycles. The Hall–Kier alpha value is -3.48. The normalized spacial score (nSPS) is 18.7. The van der Waals surface area contributed by atoms with Gasteiger partial charge in [-0.2, -0.15) is 0 Å². The average molecular weight is 366 g/mol. The van der Waals surface area contributed by atoms with Crippen molar-refractivity contribution in [1.82, 2.24) is 4.90 Å².